The largest absolute Gasteiger partial charge is 0.337 e. The molecule has 1 saturated heterocycles. The van der Waals surface area contributed by atoms with Gasteiger partial charge in [-0.1, -0.05) is 6.92 Å². The van der Waals surface area contributed by atoms with Crippen molar-refractivity contribution < 1.29 is 13.2 Å². The summed E-state index contributed by atoms with van der Waals surface area (Å²) in [7, 11) is -3.07. The summed E-state index contributed by atoms with van der Waals surface area (Å²) >= 11 is 1.59. The van der Waals surface area contributed by atoms with Crippen LogP contribution in [0.25, 0.3) is 10.2 Å². The van der Waals surface area contributed by atoms with Gasteiger partial charge in [-0.15, -0.1) is 11.3 Å². The van der Waals surface area contributed by atoms with E-state index in [4.69, 9.17) is 0 Å². The molecule has 0 saturated carbocycles. The van der Waals surface area contributed by atoms with E-state index in [-0.39, 0.29) is 35.6 Å². The monoisotopic (exact) mass is 423 g/mol. The molecule has 28 heavy (non-hydrogen) atoms. The Kier molecular flexibility index (Phi) is 5.07. The first-order chi connectivity index (χ1) is 13.3. The fourth-order valence-electron chi connectivity index (χ4n) is 4.37. The summed E-state index contributed by atoms with van der Waals surface area (Å²) in [5, 5.41) is 0.661. The highest BCUT2D eigenvalue weighted by molar-refractivity contribution is 7.91. The van der Waals surface area contributed by atoms with E-state index in [0.29, 0.717) is 24.3 Å². The van der Waals surface area contributed by atoms with Gasteiger partial charge < -0.3 is 4.90 Å². The molecule has 1 aliphatic carbocycles. The summed E-state index contributed by atoms with van der Waals surface area (Å²) < 4.78 is 24.9. The van der Waals surface area contributed by atoms with Crippen molar-refractivity contribution in [2.75, 3.05) is 18.1 Å². The summed E-state index contributed by atoms with van der Waals surface area (Å²) in [6.45, 7) is 4.38. The molecule has 1 aliphatic heterocycles. The summed E-state index contributed by atoms with van der Waals surface area (Å²) in [6, 6.07) is -0.301. The molecule has 0 unspecified atom stereocenters. The first-order valence-electron chi connectivity index (χ1n) is 9.78. The minimum atomic E-state index is -3.07. The number of thiophene rings is 1. The second-order valence-electron chi connectivity index (χ2n) is 7.95. The number of carbonyl (C=O) groups is 1. The van der Waals surface area contributed by atoms with Crippen LogP contribution < -0.4 is 5.56 Å². The van der Waals surface area contributed by atoms with Crippen LogP contribution in [0.3, 0.4) is 0 Å². The molecular weight excluding hydrogens is 398 g/mol. The predicted molar refractivity (Wildman–Crippen MR) is 110 cm³/mol. The number of carbonyl (C=O) groups excluding carboxylic acids is 1. The van der Waals surface area contributed by atoms with Crippen molar-refractivity contribution in [2.24, 2.45) is 5.92 Å². The number of aromatic nitrogens is 2. The number of rotatable bonds is 4. The van der Waals surface area contributed by atoms with E-state index in [1.165, 1.54) is 15.8 Å². The van der Waals surface area contributed by atoms with Crippen LogP contribution in [0, 0.1) is 5.92 Å². The number of sulfone groups is 1. The van der Waals surface area contributed by atoms with Crippen molar-refractivity contribution in [2.45, 2.75) is 52.1 Å². The second kappa shape index (κ2) is 7.26. The van der Waals surface area contributed by atoms with Crippen LogP contribution in [0.15, 0.2) is 11.1 Å². The van der Waals surface area contributed by atoms with E-state index in [2.05, 4.69) is 11.9 Å². The molecule has 3 heterocycles. The molecule has 1 fully saturated rings. The lowest BCUT2D eigenvalue weighted by molar-refractivity contribution is -0.133. The highest BCUT2D eigenvalue weighted by atomic mass is 32.2. The summed E-state index contributed by atoms with van der Waals surface area (Å²) in [5.41, 5.74) is 0.937. The molecule has 1 amide bonds. The summed E-state index contributed by atoms with van der Waals surface area (Å²) in [6.07, 6.45) is 4.84. The van der Waals surface area contributed by atoms with E-state index in [9.17, 15) is 18.0 Å². The van der Waals surface area contributed by atoms with E-state index < -0.39 is 9.84 Å². The normalized spacial score (nSPS) is 23.6. The standard InChI is InChI=1S/C19H25N3O4S2/c1-3-22(13-6-7-28(25,26)10-13)16(23)9-21-11-20-18-17(19(21)24)14-5-4-12(2)8-15(14)27-18/h11-13H,3-10H2,1-2H3/t12-,13+/m0/s1. The van der Waals surface area contributed by atoms with Crippen molar-refractivity contribution in [3.05, 3.63) is 27.1 Å². The maximum atomic E-state index is 13.1. The van der Waals surface area contributed by atoms with E-state index >= 15 is 0 Å². The molecule has 0 N–H and O–H groups in total. The number of likely N-dealkylation sites (N-methyl/N-ethyl adjacent to an activating group) is 1. The number of hydrogen-bond acceptors (Lipinski definition) is 6. The average Bonchev–Trinajstić information content (AvgIpc) is 3.17. The van der Waals surface area contributed by atoms with Crippen molar-refractivity contribution >= 4 is 37.3 Å². The zero-order valence-corrected chi connectivity index (χ0v) is 17.8. The average molecular weight is 424 g/mol. The molecule has 7 nitrogen and oxygen atoms in total. The first kappa shape index (κ1) is 19.6. The predicted octanol–water partition coefficient (Wildman–Crippen LogP) is 1.62. The minimum Gasteiger partial charge on any atom is -0.337 e. The zero-order valence-electron chi connectivity index (χ0n) is 16.2. The smallest absolute Gasteiger partial charge is 0.262 e. The Bertz CT molecular complexity index is 1090. The Balaban J connectivity index is 1.62. The van der Waals surface area contributed by atoms with Crippen molar-refractivity contribution in [1.29, 1.82) is 0 Å². The van der Waals surface area contributed by atoms with Crippen molar-refractivity contribution in [3.63, 3.8) is 0 Å². The van der Waals surface area contributed by atoms with E-state index in [1.54, 1.807) is 16.2 Å². The van der Waals surface area contributed by atoms with Crippen LogP contribution in [0.2, 0.25) is 0 Å². The summed E-state index contributed by atoms with van der Waals surface area (Å²) in [4.78, 5) is 34.0. The Hall–Kier alpha value is -1.74. The van der Waals surface area contributed by atoms with E-state index in [0.717, 1.165) is 29.7 Å². The van der Waals surface area contributed by atoms with Gasteiger partial charge >= 0.3 is 0 Å². The highest BCUT2D eigenvalue weighted by Gasteiger charge is 2.34. The van der Waals surface area contributed by atoms with Crippen LogP contribution >= 0.6 is 11.3 Å². The van der Waals surface area contributed by atoms with Gasteiger partial charge in [0.05, 0.1) is 23.2 Å². The molecule has 152 valence electrons. The second-order valence-corrected chi connectivity index (χ2v) is 11.3. The molecule has 2 atom stereocenters. The zero-order chi connectivity index (χ0) is 20.1. The molecule has 2 aromatic rings. The van der Waals surface area contributed by atoms with Crippen LogP contribution in [-0.2, 0) is 34.0 Å². The van der Waals surface area contributed by atoms with Gasteiger partial charge in [-0.3, -0.25) is 14.2 Å². The molecule has 0 spiro atoms. The van der Waals surface area contributed by atoms with Crippen LogP contribution in [0.4, 0.5) is 0 Å². The Morgan fingerprint density at radius 2 is 2.18 bits per heavy atom. The van der Waals surface area contributed by atoms with Gasteiger partial charge in [0.15, 0.2) is 9.84 Å². The van der Waals surface area contributed by atoms with Gasteiger partial charge in [0.2, 0.25) is 5.91 Å². The van der Waals surface area contributed by atoms with Crippen LogP contribution in [0.1, 0.15) is 37.1 Å². The molecule has 0 bridgehead atoms. The summed E-state index contributed by atoms with van der Waals surface area (Å²) in [5.74, 6) is 0.513. The number of nitrogens with zero attached hydrogens (tertiary/aromatic N) is 3. The quantitative estimate of drug-likeness (QED) is 0.745. The number of hydrogen-bond donors (Lipinski definition) is 0. The third-order valence-electron chi connectivity index (χ3n) is 5.90. The van der Waals surface area contributed by atoms with Crippen LogP contribution in [-0.4, -0.2) is 52.9 Å². The molecule has 0 radical (unpaired) electrons. The number of aryl methyl sites for hydroxylation is 1. The number of fused-ring (bicyclic) bond motifs is 3. The molecule has 2 aliphatic rings. The third-order valence-corrected chi connectivity index (χ3v) is 8.81. The minimum absolute atomic E-state index is 0.00892. The Morgan fingerprint density at radius 1 is 1.39 bits per heavy atom. The number of amides is 1. The van der Waals surface area contributed by atoms with Crippen molar-refractivity contribution in [1.82, 2.24) is 14.5 Å². The van der Waals surface area contributed by atoms with Gasteiger partial charge in [-0.25, -0.2) is 13.4 Å². The molecular formula is C19H25N3O4S2. The highest BCUT2D eigenvalue weighted by Crippen LogP contribution is 2.35. The van der Waals surface area contributed by atoms with Gasteiger partial charge in [-0.2, -0.15) is 0 Å². The fraction of sp³-hybridized carbons (Fsp3) is 0.632. The third kappa shape index (κ3) is 3.50. The lowest BCUT2D eigenvalue weighted by Crippen LogP contribution is -2.43. The van der Waals surface area contributed by atoms with Crippen molar-refractivity contribution in [3.8, 4) is 0 Å². The van der Waals surface area contributed by atoms with E-state index in [1.807, 2.05) is 6.92 Å². The Labute approximate surface area is 168 Å². The lowest BCUT2D eigenvalue weighted by atomic mass is 9.89. The maximum absolute atomic E-state index is 13.1. The molecule has 9 heteroatoms. The van der Waals surface area contributed by atoms with Gasteiger partial charge in [-0.05, 0) is 44.1 Å². The fourth-order valence-corrected chi connectivity index (χ4v) is 7.45. The lowest BCUT2D eigenvalue weighted by Gasteiger charge is -2.27. The maximum Gasteiger partial charge on any atom is 0.262 e. The topological polar surface area (TPSA) is 89.3 Å². The molecule has 4 rings (SSSR count). The molecule has 0 aromatic carbocycles. The van der Waals surface area contributed by atoms with Gasteiger partial charge in [0, 0.05) is 17.5 Å². The van der Waals surface area contributed by atoms with Gasteiger partial charge in [0.25, 0.3) is 5.56 Å². The Morgan fingerprint density at radius 3 is 2.86 bits per heavy atom. The van der Waals surface area contributed by atoms with Gasteiger partial charge in [0.1, 0.15) is 11.4 Å². The first-order valence-corrected chi connectivity index (χ1v) is 12.4. The SMILES string of the molecule is CCN(C(=O)Cn1cnc2sc3c(c2c1=O)CC[C@H](C)C3)[C@@H]1CCS(=O)(=O)C1. The van der Waals surface area contributed by atoms with Crippen LogP contribution in [0.5, 0.6) is 0 Å². The molecule has 2 aromatic heterocycles.